The third-order valence-electron chi connectivity index (χ3n) is 2.76. The molecule has 0 heterocycles. The summed E-state index contributed by atoms with van der Waals surface area (Å²) in [4.78, 5) is 0. The highest BCUT2D eigenvalue weighted by Gasteiger charge is 2.31. The van der Waals surface area contributed by atoms with Crippen molar-refractivity contribution in [2.75, 3.05) is 0 Å². The summed E-state index contributed by atoms with van der Waals surface area (Å²) in [6, 6.07) is 9.37. The summed E-state index contributed by atoms with van der Waals surface area (Å²) in [6.07, 6.45) is 3.26. The van der Waals surface area contributed by atoms with Crippen LogP contribution < -0.4 is 0 Å². The molecule has 0 radical (unpaired) electrons. The summed E-state index contributed by atoms with van der Waals surface area (Å²) in [5.41, 5.74) is 2.86. The van der Waals surface area contributed by atoms with Crippen molar-refractivity contribution in [3.05, 3.63) is 47.5 Å². The van der Waals surface area contributed by atoms with Gasteiger partial charge in [0.25, 0.3) is 0 Å². The van der Waals surface area contributed by atoms with Gasteiger partial charge in [0.05, 0.1) is 1.37 Å². The molecule has 0 aromatic heterocycles. The second-order valence-electron chi connectivity index (χ2n) is 3.36. The number of rotatable bonds is 0. The smallest absolute Gasteiger partial charge is 0.0579 e. The van der Waals surface area contributed by atoms with Crippen molar-refractivity contribution in [1.82, 2.24) is 0 Å². The van der Waals surface area contributed by atoms with Crippen LogP contribution in [0.2, 0.25) is 0 Å². The maximum Gasteiger partial charge on any atom is 0.0579 e. The van der Waals surface area contributed by atoms with Gasteiger partial charge in [0.2, 0.25) is 0 Å². The lowest BCUT2D eigenvalue weighted by Crippen LogP contribution is -1.90. The van der Waals surface area contributed by atoms with Crippen LogP contribution in [0.5, 0.6) is 0 Å². The molecule has 1 aromatic carbocycles. The van der Waals surface area contributed by atoms with Crippen molar-refractivity contribution in [3.63, 3.8) is 0 Å². The zero-order chi connectivity index (χ0) is 8.13. The Morgan fingerprint density at radius 3 is 2.73 bits per heavy atom. The fraction of sp³-hybridized carbons (Fsp3) is 0.273. The van der Waals surface area contributed by atoms with Gasteiger partial charge in [-0.05, 0) is 17.5 Å². The van der Waals surface area contributed by atoms with Crippen LogP contribution in [0.25, 0.3) is 0 Å². The topological polar surface area (TPSA) is 0 Å². The van der Waals surface area contributed by atoms with E-state index in [1.807, 2.05) is 0 Å². The van der Waals surface area contributed by atoms with E-state index in [9.17, 15) is 0 Å². The van der Waals surface area contributed by atoms with E-state index in [0.717, 1.165) is 12.5 Å². The minimum absolute atomic E-state index is 0.422. The van der Waals surface area contributed by atoms with Crippen LogP contribution in [0, 0.1) is 0 Å². The predicted molar refractivity (Wildman–Crippen MR) is 45.7 cm³/mol. The van der Waals surface area contributed by atoms with Gasteiger partial charge in [-0.1, -0.05) is 36.4 Å². The molecule has 0 amide bonds. The number of hydrogen-bond donors (Lipinski definition) is 0. The van der Waals surface area contributed by atoms with E-state index < -0.39 is 0 Å². The molecule has 54 valence electrons. The highest BCUT2D eigenvalue weighted by Crippen LogP contribution is 2.47. The zero-order valence-corrected chi connectivity index (χ0v) is 6.25. The van der Waals surface area contributed by atoms with E-state index in [1.54, 1.807) is 0 Å². The number of benzene rings is 1. The van der Waals surface area contributed by atoms with E-state index in [1.165, 1.54) is 11.1 Å². The molecule has 0 saturated heterocycles. The van der Waals surface area contributed by atoms with Gasteiger partial charge in [0.1, 0.15) is 0 Å². The summed E-state index contributed by atoms with van der Waals surface area (Å²) >= 11 is 0. The first-order chi connectivity index (χ1) is 5.86. The second-order valence-corrected chi connectivity index (χ2v) is 3.36. The molecule has 0 heteroatoms. The maximum absolute atomic E-state index is 7.71. The number of allylic oxidation sites excluding steroid dienone is 2. The lowest BCUT2D eigenvalue weighted by atomic mass is 9.97. The molecule has 3 rings (SSSR count). The highest BCUT2D eigenvalue weighted by atomic mass is 14.3. The van der Waals surface area contributed by atoms with Crippen molar-refractivity contribution in [2.24, 2.45) is 0 Å². The lowest BCUT2D eigenvalue weighted by molar-refractivity contribution is 0.804. The first-order valence-corrected chi connectivity index (χ1v) is 4.13. The molecule has 0 nitrogen and oxygen atoms in total. The zero-order valence-electron chi connectivity index (χ0n) is 7.25. The molecule has 0 N–H and O–H groups in total. The third-order valence-corrected chi connectivity index (χ3v) is 2.76. The summed E-state index contributed by atoms with van der Waals surface area (Å²) in [6.45, 7) is 0. The molecule has 2 aliphatic carbocycles. The van der Waals surface area contributed by atoms with E-state index in [4.69, 9.17) is 1.37 Å². The maximum atomic E-state index is 7.71. The summed E-state index contributed by atoms with van der Waals surface area (Å²) in [7, 11) is 0. The van der Waals surface area contributed by atoms with Crippen molar-refractivity contribution in [3.8, 4) is 0 Å². The lowest BCUT2D eigenvalue weighted by Gasteiger charge is -2.08. The molecule has 2 unspecified atom stereocenters. The van der Waals surface area contributed by atoms with Crippen LogP contribution in [-0.4, -0.2) is 0 Å². The van der Waals surface area contributed by atoms with Crippen molar-refractivity contribution in [2.45, 2.75) is 18.3 Å². The molecule has 2 aliphatic rings. The molecule has 0 spiro atoms. The fourth-order valence-electron chi connectivity index (χ4n) is 2.22. The van der Waals surface area contributed by atoms with Crippen molar-refractivity contribution in [1.29, 1.82) is 0 Å². The van der Waals surface area contributed by atoms with E-state index in [0.29, 0.717) is 11.8 Å². The average Bonchev–Trinajstić information content (AvgIpc) is 2.62. The minimum Gasteiger partial charge on any atom is -0.0804 e. The van der Waals surface area contributed by atoms with Gasteiger partial charge in [-0.25, -0.2) is 0 Å². The average molecular weight is 143 g/mol. The van der Waals surface area contributed by atoms with Crippen LogP contribution in [0.4, 0.5) is 0 Å². The van der Waals surface area contributed by atoms with Gasteiger partial charge in [0, 0.05) is 11.8 Å². The largest absolute Gasteiger partial charge is 0.0804 e. The molecule has 2 bridgehead atoms. The number of fused-ring (bicyclic) bond motifs is 5. The van der Waals surface area contributed by atoms with Gasteiger partial charge < -0.3 is 0 Å². The molecule has 0 aliphatic heterocycles. The van der Waals surface area contributed by atoms with E-state index in [2.05, 4.69) is 30.3 Å². The Morgan fingerprint density at radius 2 is 1.91 bits per heavy atom. The fourth-order valence-corrected chi connectivity index (χ4v) is 2.22. The van der Waals surface area contributed by atoms with Gasteiger partial charge in [-0.2, -0.15) is 0 Å². The van der Waals surface area contributed by atoms with Crippen LogP contribution in [-0.2, 0) is 0 Å². The Balaban J connectivity index is 2.23. The first kappa shape index (κ1) is 4.76. The Labute approximate surface area is 68.0 Å². The molecule has 0 saturated carbocycles. The summed E-state index contributed by atoms with van der Waals surface area (Å²) < 4.78 is 7.71. The normalized spacial score (nSPS) is 33.1. The van der Waals surface area contributed by atoms with Gasteiger partial charge in [-0.3, -0.25) is 0 Å². The summed E-state index contributed by atoms with van der Waals surface area (Å²) in [5.74, 6) is 0.977. The Kier molecular flexibility index (Phi) is 0.762. The molecule has 0 fully saturated rings. The summed E-state index contributed by atoms with van der Waals surface area (Å²) in [5, 5.41) is 0. The van der Waals surface area contributed by atoms with E-state index >= 15 is 0 Å². The Bertz CT molecular complexity index is 365. The highest BCUT2D eigenvalue weighted by molar-refractivity contribution is 5.47. The van der Waals surface area contributed by atoms with Crippen LogP contribution >= 0.6 is 0 Å². The second kappa shape index (κ2) is 1.76. The quantitative estimate of drug-likeness (QED) is 0.490. The predicted octanol–water partition coefficient (Wildman–Crippen LogP) is 2.83. The molecule has 11 heavy (non-hydrogen) atoms. The third kappa shape index (κ3) is 0.597. The standard InChI is InChI=1S/C11H10/c1-2-4-11-9-6-5-8(7-9)10(11)3-1/h1-6,8-9H,7H2/i5D. The van der Waals surface area contributed by atoms with Gasteiger partial charge in [0.15, 0.2) is 0 Å². The Morgan fingerprint density at radius 1 is 1.18 bits per heavy atom. The number of hydrogen-bond acceptors (Lipinski definition) is 0. The van der Waals surface area contributed by atoms with Crippen LogP contribution in [0.1, 0.15) is 30.8 Å². The van der Waals surface area contributed by atoms with Crippen molar-refractivity contribution < 1.29 is 1.37 Å². The van der Waals surface area contributed by atoms with E-state index in [-0.39, 0.29) is 0 Å². The van der Waals surface area contributed by atoms with Crippen LogP contribution in [0.15, 0.2) is 36.4 Å². The molecular weight excluding hydrogens is 132 g/mol. The van der Waals surface area contributed by atoms with Crippen LogP contribution in [0.3, 0.4) is 0 Å². The first-order valence-electron chi connectivity index (χ1n) is 4.63. The van der Waals surface area contributed by atoms with Gasteiger partial charge >= 0.3 is 0 Å². The molecule has 2 atom stereocenters. The molecular formula is C11H10. The minimum atomic E-state index is 0.422. The van der Waals surface area contributed by atoms with Crippen molar-refractivity contribution >= 4 is 0 Å². The SMILES string of the molecule is [2H]C1=CC2CC1c1ccccc12. The Hall–Kier alpha value is -1.04. The monoisotopic (exact) mass is 143 g/mol. The van der Waals surface area contributed by atoms with Gasteiger partial charge in [-0.15, -0.1) is 0 Å². The molecule has 1 aromatic rings.